The molecule has 46 heavy (non-hydrogen) atoms. The van der Waals surface area contributed by atoms with Gasteiger partial charge in [0.05, 0.1) is 12.1 Å². The van der Waals surface area contributed by atoms with Crippen LogP contribution in [-0.4, -0.2) is 88.3 Å². The van der Waals surface area contributed by atoms with Gasteiger partial charge in [0.2, 0.25) is 29.4 Å². The Morgan fingerprint density at radius 3 is 1.98 bits per heavy atom. The van der Waals surface area contributed by atoms with Crippen LogP contribution < -0.4 is 16.0 Å². The Morgan fingerprint density at radius 2 is 1.48 bits per heavy atom. The van der Waals surface area contributed by atoms with Crippen LogP contribution in [0.1, 0.15) is 101 Å². The largest absolute Gasteiger partial charge is 0.344 e. The zero-order valence-corrected chi connectivity index (χ0v) is 29.0. The molecule has 2 heterocycles. The summed E-state index contributed by atoms with van der Waals surface area (Å²) in [4.78, 5) is 94.2. The molecule has 4 fully saturated rings. The number of piperidine rings is 2. The first kappa shape index (κ1) is 35.5. The van der Waals surface area contributed by atoms with Gasteiger partial charge in [0.25, 0.3) is 0 Å². The molecule has 2 saturated heterocycles. The summed E-state index contributed by atoms with van der Waals surface area (Å²) in [7, 11) is 0. The average Bonchev–Trinajstić information content (AvgIpc) is 3.78. The number of nitrogens with one attached hydrogen (secondary N) is 3. The summed E-state index contributed by atoms with van der Waals surface area (Å²) in [6, 6.07) is -3.99. The molecule has 0 aromatic carbocycles. The highest BCUT2D eigenvalue weighted by atomic mass is 16.2. The summed E-state index contributed by atoms with van der Waals surface area (Å²) in [6.07, 6.45) is 3.38. The Bertz CT molecular complexity index is 1280. The van der Waals surface area contributed by atoms with E-state index in [2.05, 4.69) is 29.8 Å². The van der Waals surface area contributed by atoms with Crippen LogP contribution >= 0.6 is 0 Å². The lowest BCUT2D eigenvalue weighted by molar-refractivity contribution is -0.148. The van der Waals surface area contributed by atoms with Crippen LogP contribution in [0.15, 0.2) is 0 Å². The summed E-state index contributed by atoms with van der Waals surface area (Å²) in [5.74, 6) is -2.38. The van der Waals surface area contributed by atoms with Crippen LogP contribution in [0.25, 0.3) is 0 Å². The van der Waals surface area contributed by atoms with Crippen molar-refractivity contribution in [2.75, 3.05) is 13.1 Å². The molecule has 2 saturated carbocycles. The fourth-order valence-corrected chi connectivity index (χ4v) is 7.10. The molecule has 0 bridgehead atoms. The Kier molecular flexibility index (Phi) is 9.82. The molecule has 6 amide bonds. The molecule has 3 N–H and O–H groups in total. The highest BCUT2D eigenvalue weighted by Crippen LogP contribution is 2.65. The van der Waals surface area contributed by atoms with E-state index in [0.29, 0.717) is 19.4 Å². The van der Waals surface area contributed by atoms with Crippen molar-refractivity contribution < 1.29 is 33.6 Å². The fraction of sp³-hybridized carbons (Fsp3) is 0.794. The Hall–Kier alpha value is -3.31. The maximum Gasteiger partial charge on any atom is 0.315 e. The summed E-state index contributed by atoms with van der Waals surface area (Å²) >= 11 is 0. The highest BCUT2D eigenvalue weighted by Gasteiger charge is 2.70. The number of likely N-dealkylation sites (tertiary alicyclic amines) is 2. The molecule has 1 unspecified atom stereocenters. The fourth-order valence-electron chi connectivity index (χ4n) is 7.10. The zero-order chi connectivity index (χ0) is 34.5. The van der Waals surface area contributed by atoms with Crippen LogP contribution in [0.2, 0.25) is 0 Å². The van der Waals surface area contributed by atoms with Crippen molar-refractivity contribution in [1.82, 2.24) is 25.8 Å². The van der Waals surface area contributed by atoms with Gasteiger partial charge in [-0.25, -0.2) is 4.79 Å². The van der Waals surface area contributed by atoms with Crippen molar-refractivity contribution in [3.8, 4) is 0 Å². The number of fused-ring (bicyclic) bond motifs is 1. The highest BCUT2D eigenvalue weighted by molar-refractivity contribution is 6.38. The van der Waals surface area contributed by atoms with Crippen molar-refractivity contribution in [1.29, 1.82) is 0 Å². The molecule has 12 nitrogen and oxygen atoms in total. The van der Waals surface area contributed by atoms with E-state index >= 15 is 0 Å². The van der Waals surface area contributed by atoms with E-state index in [1.807, 2.05) is 41.5 Å². The first-order chi connectivity index (χ1) is 21.1. The van der Waals surface area contributed by atoms with Gasteiger partial charge in [-0.1, -0.05) is 68.2 Å². The molecule has 0 spiro atoms. The standard InChI is InChI=1S/C34H53N5O7/c1-18(40)27(43)21(15-19-13-14-19)35-29(44)26-25-20(34(25,8)9)16-39(26)30(45)28(33(5,6)7)37-31(46)36-22(32(2,3)4)17-38-23(41)11-10-12-24(38)42/h19-22,25-26,28H,10-17H2,1-9H3,(H,35,44)(H2,36,37,46)/t20-,21?,22+,25-,26-,28+/m0/s1. The van der Waals surface area contributed by atoms with E-state index in [9.17, 15) is 33.6 Å². The van der Waals surface area contributed by atoms with Crippen molar-refractivity contribution in [2.24, 2.45) is 34.0 Å². The van der Waals surface area contributed by atoms with Gasteiger partial charge in [-0.3, -0.25) is 33.7 Å². The Morgan fingerprint density at radius 1 is 0.891 bits per heavy atom. The van der Waals surface area contributed by atoms with Crippen LogP contribution in [-0.2, 0) is 28.8 Å². The molecular weight excluding hydrogens is 590 g/mol. The number of urea groups is 1. The first-order valence-electron chi connectivity index (χ1n) is 16.7. The van der Waals surface area contributed by atoms with Gasteiger partial charge in [0.1, 0.15) is 12.1 Å². The zero-order valence-electron chi connectivity index (χ0n) is 29.0. The minimum atomic E-state index is -1.01. The number of imide groups is 1. The number of carbonyl (C=O) groups excluding carboxylic acids is 7. The predicted molar refractivity (Wildman–Crippen MR) is 170 cm³/mol. The van der Waals surface area contributed by atoms with Gasteiger partial charge in [-0.2, -0.15) is 0 Å². The number of Topliss-reactive ketones (excluding diaryl/α,β-unsaturated/α-hetero) is 2. The van der Waals surface area contributed by atoms with Gasteiger partial charge in [-0.15, -0.1) is 0 Å². The maximum absolute atomic E-state index is 14.3. The monoisotopic (exact) mass is 643 g/mol. The lowest BCUT2D eigenvalue weighted by Gasteiger charge is -2.39. The van der Waals surface area contributed by atoms with Crippen LogP contribution in [0.4, 0.5) is 4.79 Å². The van der Waals surface area contributed by atoms with E-state index < -0.39 is 64.4 Å². The second-order valence-corrected chi connectivity index (χ2v) is 16.6. The maximum atomic E-state index is 14.3. The minimum absolute atomic E-state index is 0.0243. The topological polar surface area (TPSA) is 162 Å². The van der Waals surface area contributed by atoms with Crippen LogP contribution in [0.3, 0.4) is 0 Å². The van der Waals surface area contributed by atoms with Gasteiger partial charge in [-0.05, 0) is 46.8 Å². The van der Waals surface area contributed by atoms with E-state index in [1.165, 1.54) is 16.7 Å². The Labute approximate surface area is 272 Å². The normalized spacial score (nSPS) is 26.1. The molecule has 12 heteroatoms. The van der Waals surface area contributed by atoms with Crippen LogP contribution in [0, 0.1) is 34.0 Å². The molecule has 0 aromatic rings. The second-order valence-electron chi connectivity index (χ2n) is 16.6. The molecule has 0 radical (unpaired) electrons. The summed E-state index contributed by atoms with van der Waals surface area (Å²) in [5.41, 5.74) is -1.44. The Balaban J connectivity index is 1.52. The molecule has 256 valence electrons. The summed E-state index contributed by atoms with van der Waals surface area (Å²) < 4.78 is 0. The molecule has 4 aliphatic rings. The van der Waals surface area contributed by atoms with E-state index in [1.54, 1.807) is 0 Å². The van der Waals surface area contributed by atoms with E-state index in [4.69, 9.17) is 0 Å². The van der Waals surface area contributed by atoms with Crippen molar-refractivity contribution in [2.45, 2.75) is 125 Å². The third-order valence-corrected chi connectivity index (χ3v) is 10.5. The summed E-state index contributed by atoms with van der Waals surface area (Å²) in [5, 5.41) is 8.61. The number of rotatable bonds is 11. The molecule has 2 aliphatic carbocycles. The number of nitrogens with zero attached hydrogens (tertiary/aromatic N) is 2. The molecule has 2 aliphatic heterocycles. The molecule has 6 atom stereocenters. The quantitative estimate of drug-likeness (QED) is 0.230. The van der Waals surface area contributed by atoms with Gasteiger partial charge in [0.15, 0.2) is 5.78 Å². The van der Waals surface area contributed by atoms with Gasteiger partial charge in [0, 0.05) is 32.9 Å². The minimum Gasteiger partial charge on any atom is -0.344 e. The smallest absolute Gasteiger partial charge is 0.315 e. The van der Waals surface area contributed by atoms with Crippen molar-refractivity contribution in [3.63, 3.8) is 0 Å². The van der Waals surface area contributed by atoms with Crippen molar-refractivity contribution in [3.05, 3.63) is 0 Å². The average molecular weight is 644 g/mol. The van der Waals surface area contributed by atoms with E-state index in [0.717, 1.165) is 12.8 Å². The third-order valence-electron chi connectivity index (χ3n) is 10.5. The number of amides is 6. The number of carbonyl (C=O) groups is 7. The van der Waals surface area contributed by atoms with Gasteiger partial charge < -0.3 is 20.9 Å². The number of hydrogen-bond donors (Lipinski definition) is 3. The lowest BCUT2D eigenvalue weighted by Crippen LogP contribution is -2.63. The molecule has 0 aromatic heterocycles. The predicted octanol–water partition coefficient (Wildman–Crippen LogP) is 2.58. The second kappa shape index (κ2) is 12.7. The first-order valence-corrected chi connectivity index (χ1v) is 16.7. The molecular formula is C34H53N5O7. The SMILES string of the molecule is CC(=O)C(=O)C(CC1CC1)NC(=O)[C@@H]1[C@@H]2[C@H](CN1C(=O)[C@@H](NC(=O)N[C@H](CN1C(=O)CCCC1=O)C(C)(C)C)C(C)(C)C)C2(C)C. The van der Waals surface area contributed by atoms with Gasteiger partial charge >= 0.3 is 6.03 Å². The third kappa shape index (κ3) is 7.62. The number of hydrogen-bond acceptors (Lipinski definition) is 7. The van der Waals surface area contributed by atoms with E-state index in [-0.39, 0.29) is 54.4 Å². The summed E-state index contributed by atoms with van der Waals surface area (Å²) in [6.45, 7) is 16.9. The lowest BCUT2D eigenvalue weighted by atomic mass is 9.84. The van der Waals surface area contributed by atoms with Crippen LogP contribution in [0.5, 0.6) is 0 Å². The number of ketones is 2. The molecule has 4 rings (SSSR count). The van der Waals surface area contributed by atoms with Crippen molar-refractivity contribution >= 4 is 41.2 Å².